The lowest BCUT2D eigenvalue weighted by atomic mass is 10.2. The summed E-state index contributed by atoms with van der Waals surface area (Å²) in [5.74, 6) is 0. The van der Waals surface area contributed by atoms with Crippen molar-refractivity contribution in [2.45, 2.75) is 6.54 Å². The Hall–Kier alpha value is -2.16. The molecule has 2 N–H and O–H groups in total. The lowest BCUT2D eigenvalue weighted by Crippen LogP contribution is -2.25. The molecular weight excluding hydrogens is 238 g/mol. The average molecular weight is 255 g/mol. The van der Waals surface area contributed by atoms with Crippen molar-refractivity contribution in [1.82, 2.24) is 14.5 Å². The molecule has 0 unspecified atom stereocenters. The van der Waals surface area contributed by atoms with Crippen molar-refractivity contribution < 1.29 is 0 Å². The first-order valence-corrected chi connectivity index (χ1v) is 6.15. The summed E-state index contributed by atoms with van der Waals surface area (Å²) >= 11 is 0. The molecular formula is C14H17N5. The van der Waals surface area contributed by atoms with Crippen LogP contribution >= 0.6 is 0 Å². The second-order valence-corrected chi connectivity index (χ2v) is 4.44. The Morgan fingerprint density at radius 3 is 2.74 bits per heavy atom. The van der Waals surface area contributed by atoms with Crippen LogP contribution in [0.25, 0.3) is 5.69 Å². The van der Waals surface area contributed by atoms with Crippen LogP contribution < -0.4 is 5.73 Å². The normalized spacial score (nSPS) is 10.6. The maximum Gasteiger partial charge on any atom is 0.0994 e. The van der Waals surface area contributed by atoms with Crippen molar-refractivity contribution in [2.24, 2.45) is 5.73 Å². The number of nitrogens with two attached hydrogens (primary N) is 1. The van der Waals surface area contributed by atoms with Gasteiger partial charge < -0.3 is 10.3 Å². The fourth-order valence-corrected chi connectivity index (χ4v) is 1.94. The van der Waals surface area contributed by atoms with Crippen LogP contribution in [0.2, 0.25) is 0 Å². The van der Waals surface area contributed by atoms with E-state index >= 15 is 0 Å². The van der Waals surface area contributed by atoms with Crippen LogP contribution in [-0.4, -0.2) is 34.6 Å². The molecule has 0 aliphatic heterocycles. The van der Waals surface area contributed by atoms with E-state index in [1.54, 1.807) is 6.33 Å². The van der Waals surface area contributed by atoms with Gasteiger partial charge in [-0.3, -0.25) is 4.90 Å². The van der Waals surface area contributed by atoms with Gasteiger partial charge in [-0.1, -0.05) is 0 Å². The van der Waals surface area contributed by atoms with Crippen molar-refractivity contribution in [3.05, 3.63) is 48.0 Å². The van der Waals surface area contributed by atoms with E-state index < -0.39 is 0 Å². The molecule has 0 saturated carbocycles. The number of aromatic nitrogens is 2. The molecule has 19 heavy (non-hydrogen) atoms. The molecule has 1 heterocycles. The van der Waals surface area contributed by atoms with Crippen molar-refractivity contribution in [3.8, 4) is 11.8 Å². The number of likely N-dealkylation sites (N-methyl/N-ethyl adjacent to an activating group) is 1. The van der Waals surface area contributed by atoms with E-state index in [0.717, 1.165) is 24.5 Å². The number of hydrogen-bond donors (Lipinski definition) is 1. The number of nitriles is 1. The fraction of sp³-hybridized carbons (Fsp3) is 0.286. The number of nitrogens with zero attached hydrogens (tertiary/aromatic N) is 4. The summed E-state index contributed by atoms with van der Waals surface area (Å²) in [6.45, 7) is 2.28. The van der Waals surface area contributed by atoms with Crippen molar-refractivity contribution in [2.75, 3.05) is 20.1 Å². The zero-order valence-electron chi connectivity index (χ0n) is 11.0. The second-order valence-electron chi connectivity index (χ2n) is 4.44. The molecule has 0 atom stereocenters. The first-order chi connectivity index (χ1) is 9.24. The SMILES string of the molecule is CN(CCN)Cc1cncn1-c1ccc(C#N)cc1. The molecule has 0 radical (unpaired) electrons. The Morgan fingerprint density at radius 1 is 1.37 bits per heavy atom. The molecule has 98 valence electrons. The van der Waals surface area contributed by atoms with E-state index in [4.69, 9.17) is 11.0 Å². The van der Waals surface area contributed by atoms with Gasteiger partial charge in [-0.25, -0.2) is 4.98 Å². The van der Waals surface area contributed by atoms with Gasteiger partial charge in [-0.05, 0) is 31.3 Å². The Kier molecular flexibility index (Phi) is 4.29. The van der Waals surface area contributed by atoms with Crippen LogP contribution in [0.5, 0.6) is 0 Å². The molecule has 0 bridgehead atoms. The minimum absolute atomic E-state index is 0.640. The Bertz CT molecular complexity index is 564. The van der Waals surface area contributed by atoms with Crippen LogP contribution in [0.3, 0.4) is 0 Å². The van der Waals surface area contributed by atoms with E-state index in [9.17, 15) is 0 Å². The van der Waals surface area contributed by atoms with Gasteiger partial charge in [-0.15, -0.1) is 0 Å². The molecule has 0 saturated heterocycles. The summed E-state index contributed by atoms with van der Waals surface area (Å²) in [6.07, 6.45) is 3.64. The predicted molar refractivity (Wildman–Crippen MR) is 73.7 cm³/mol. The number of imidazole rings is 1. The number of rotatable bonds is 5. The topological polar surface area (TPSA) is 70.9 Å². The summed E-state index contributed by atoms with van der Waals surface area (Å²) in [6, 6.07) is 9.58. The molecule has 2 rings (SSSR count). The largest absolute Gasteiger partial charge is 0.329 e. The van der Waals surface area contributed by atoms with E-state index in [1.165, 1.54) is 0 Å². The van der Waals surface area contributed by atoms with Gasteiger partial charge in [0.1, 0.15) is 0 Å². The number of hydrogen-bond acceptors (Lipinski definition) is 4. The molecule has 5 heteroatoms. The molecule has 0 spiro atoms. The molecule has 5 nitrogen and oxygen atoms in total. The second kappa shape index (κ2) is 6.14. The van der Waals surface area contributed by atoms with Crippen LogP contribution in [0.15, 0.2) is 36.8 Å². The van der Waals surface area contributed by atoms with E-state index in [1.807, 2.05) is 42.1 Å². The first-order valence-electron chi connectivity index (χ1n) is 6.15. The third-order valence-electron chi connectivity index (χ3n) is 2.93. The maximum atomic E-state index is 8.80. The Labute approximate surface area is 112 Å². The van der Waals surface area contributed by atoms with Crippen LogP contribution in [-0.2, 0) is 6.54 Å². The van der Waals surface area contributed by atoms with Crippen LogP contribution in [0.4, 0.5) is 0 Å². The summed E-state index contributed by atoms with van der Waals surface area (Å²) in [5.41, 5.74) is 8.31. The summed E-state index contributed by atoms with van der Waals surface area (Å²) < 4.78 is 2.02. The van der Waals surface area contributed by atoms with Gasteiger partial charge in [0.15, 0.2) is 0 Å². The third-order valence-corrected chi connectivity index (χ3v) is 2.93. The van der Waals surface area contributed by atoms with Gasteiger partial charge in [0, 0.05) is 31.5 Å². The van der Waals surface area contributed by atoms with Crippen molar-refractivity contribution in [3.63, 3.8) is 0 Å². The van der Waals surface area contributed by atoms with Crippen LogP contribution in [0, 0.1) is 11.3 Å². The minimum atomic E-state index is 0.640. The van der Waals surface area contributed by atoms with E-state index in [2.05, 4.69) is 16.0 Å². The minimum Gasteiger partial charge on any atom is -0.329 e. The van der Waals surface area contributed by atoms with Crippen molar-refractivity contribution >= 4 is 0 Å². The Morgan fingerprint density at radius 2 is 2.11 bits per heavy atom. The highest BCUT2D eigenvalue weighted by Crippen LogP contribution is 2.13. The van der Waals surface area contributed by atoms with Gasteiger partial charge in [0.2, 0.25) is 0 Å². The lowest BCUT2D eigenvalue weighted by molar-refractivity contribution is 0.330. The van der Waals surface area contributed by atoms with Gasteiger partial charge in [-0.2, -0.15) is 5.26 Å². The highest BCUT2D eigenvalue weighted by Gasteiger charge is 2.07. The molecule has 1 aromatic carbocycles. The molecule has 0 amide bonds. The molecule has 0 aliphatic rings. The monoisotopic (exact) mass is 255 g/mol. The van der Waals surface area contributed by atoms with Gasteiger partial charge in [0.05, 0.1) is 23.7 Å². The standard InChI is InChI=1S/C14H17N5/c1-18(7-6-15)10-14-9-17-11-19(14)13-4-2-12(8-16)3-5-13/h2-5,9,11H,6-7,10,15H2,1H3. The molecule has 0 fully saturated rings. The van der Waals surface area contributed by atoms with E-state index in [0.29, 0.717) is 12.1 Å². The highest BCUT2D eigenvalue weighted by molar-refractivity contribution is 5.40. The molecule has 2 aromatic rings. The fourth-order valence-electron chi connectivity index (χ4n) is 1.94. The van der Waals surface area contributed by atoms with E-state index in [-0.39, 0.29) is 0 Å². The van der Waals surface area contributed by atoms with Crippen molar-refractivity contribution in [1.29, 1.82) is 5.26 Å². The Balaban J connectivity index is 2.21. The van der Waals surface area contributed by atoms with Gasteiger partial charge in [0.25, 0.3) is 0 Å². The molecule has 1 aromatic heterocycles. The zero-order chi connectivity index (χ0) is 13.7. The third kappa shape index (κ3) is 3.19. The molecule has 0 aliphatic carbocycles. The average Bonchev–Trinajstić information content (AvgIpc) is 2.87. The zero-order valence-corrected chi connectivity index (χ0v) is 11.0. The first kappa shape index (κ1) is 13.3. The number of benzene rings is 1. The van der Waals surface area contributed by atoms with Gasteiger partial charge >= 0.3 is 0 Å². The summed E-state index contributed by atoms with van der Waals surface area (Å²) in [5, 5.41) is 8.80. The summed E-state index contributed by atoms with van der Waals surface area (Å²) in [4.78, 5) is 6.34. The predicted octanol–water partition coefficient (Wildman–Crippen LogP) is 1.13. The summed E-state index contributed by atoms with van der Waals surface area (Å²) in [7, 11) is 2.03. The quantitative estimate of drug-likeness (QED) is 0.869. The lowest BCUT2D eigenvalue weighted by Gasteiger charge is -2.16. The smallest absolute Gasteiger partial charge is 0.0994 e. The maximum absolute atomic E-state index is 8.80. The van der Waals surface area contributed by atoms with Crippen LogP contribution in [0.1, 0.15) is 11.3 Å². The highest BCUT2D eigenvalue weighted by atomic mass is 15.1.